The maximum atomic E-state index is 13.8. The highest BCUT2D eigenvalue weighted by molar-refractivity contribution is 5.99. The van der Waals surface area contributed by atoms with Gasteiger partial charge in [0.25, 0.3) is 5.91 Å². The molecule has 0 saturated carbocycles. The van der Waals surface area contributed by atoms with Crippen LogP contribution in [0.25, 0.3) is 11.0 Å². The molecule has 5 rings (SSSR count). The molecule has 0 bridgehead atoms. The Kier molecular flexibility index (Phi) is 5.48. The number of aryl methyl sites for hydroxylation is 3. The van der Waals surface area contributed by atoms with Crippen LogP contribution in [0.15, 0.2) is 69.9 Å². The van der Waals surface area contributed by atoms with Crippen LogP contribution in [0, 0.1) is 20.8 Å². The highest BCUT2D eigenvalue weighted by Gasteiger charge is 2.42. The van der Waals surface area contributed by atoms with Gasteiger partial charge in [0, 0.05) is 6.54 Å². The van der Waals surface area contributed by atoms with Crippen molar-refractivity contribution < 1.29 is 13.9 Å². The van der Waals surface area contributed by atoms with Crippen molar-refractivity contribution in [3.05, 3.63) is 110 Å². The van der Waals surface area contributed by atoms with E-state index in [0.29, 0.717) is 35.4 Å². The lowest BCUT2D eigenvalue weighted by atomic mass is 9.97. The van der Waals surface area contributed by atoms with Gasteiger partial charge in [-0.1, -0.05) is 42.0 Å². The molecule has 1 aliphatic rings. The molecule has 1 amide bonds. The van der Waals surface area contributed by atoms with Crippen molar-refractivity contribution in [3.63, 3.8) is 0 Å². The quantitative estimate of drug-likeness (QED) is 0.380. The Morgan fingerprint density at radius 1 is 0.941 bits per heavy atom. The summed E-state index contributed by atoms with van der Waals surface area (Å²) in [5.74, 6) is 0.548. The maximum absolute atomic E-state index is 13.8. The van der Waals surface area contributed by atoms with E-state index >= 15 is 0 Å². The number of hydrogen-bond donors (Lipinski definition) is 0. The molecule has 1 unspecified atom stereocenters. The molecule has 2 heterocycles. The number of hydrogen-bond acceptors (Lipinski definition) is 4. The number of fused-ring (bicyclic) bond motifs is 2. The number of carbonyl (C=O) groups excluding carboxylic acids is 1. The molecule has 5 heteroatoms. The third-order valence-electron chi connectivity index (χ3n) is 6.54. The standard InChI is InChI=1S/C29H27NO4/c1-5-33-22-8-6-7-21(15-22)26-25-27(31)23-13-18(3)19(4)14-24(23)34-28(25)29(32)30(26)16-20-11-9-17(2)10-12-20/h6-15,26H,5,16H2,1-4H3. The van der Waals surface area contributed by atoms with E-state index in [2.05, 4.69) is 0 Å². The van der Waals surface area contributed by atoms with Crippen LogP contribution in [0.3, 0.4) is 0 Å². The van der Waals surface area contributed by atoms with Crippen LogP contribution in [0.5, 0.6) is 5.75 Å². The molecule has 4 aromatic rings. The van der Waals surface area contributed by atoms with Gasteiger partial charge in [-0.3, -0.25) is 9.59 Å². The second-order valence-electron chi connectivity index (χ2n) is 8.93. The van der Waals surface area contributed by atoms with Crippen LogP contribution < -0.4 is 10.2 Å². The van der Waals surface area contributed by atoms with Crippen LogP contribution in [0.2, 0.25) is 0 Å². The number of nitrogens with zero attached hydrogens (tertiary/aromatic N) is 1. The summed E-state index contributed by atoms with van der Waals surface area (Å²) in [6.45, 7) is 8.79. The number of carbonyl (C=O) groups is 1. The molecule has 0 fully saturated rings. The molecule has 1 aliphatic heterocycles. The average Bonchev–Trinajstić information content (AvgIpc) is 3.09. The SMILES string of the molecule is CCOc1cccc(C2c3c(oc4cc(C)c(C)cc4c3=O)C(=O)N2Cc2ccc(C)cc2)c1. The summed E-state index contributed by atoms with van der Waals surface area (Å²) < 4.78 is 11.8. The molecule has 0 aliphatic carbocycles. The Morgan fingerprint density at radius 2 is 1.68 bits per heavy atom. The predicted octanol–water partition coefficient (Wildman–Crippen LogP) is 5.86. The van der Waals surface area contributed by atoms with Gasteiger partial charge in [0.1, 0.15) is 11.3 Å². The van der Waals surface area contributed by atoms with Gasteiger partial charge in [-0.2, -0.15) is 0 Å². The van der Waals surface area contributed by atoms with E-state index in [-0.39, 0.29) is 17.1 Å². The fourth-order valence-electron chi connectivity index (χ4n) is 4.62. The zero-order valence-corrected chi connectivity index (χ0v) is 19.8. The fourth-order valence-corrected chi connectivity index (χ4v) is 4.62. The van der Waals surface area contributed by atoms with Crippen molar-refractivity contribution in [2.75, 3.05) is 6.61 Å². The molecule has 0 spiro atoms. The summed E-state index contributed by atoms with van der Waals surface area (Å²) in [6.07, 6.45) is 0. The summed E-state index contributed by atoms with van der Waals surface area (Å²) in [4.78, 5) is 29.2. The highest BCUT2D eigenvalue weighted by atomic mass is 16.5. The molecule has 1 atom stereocenters. The summed E-state index contributed by atoms with van der Waals surface area (Å²) >= 11 is 0. The van der Waals surface area contributed by atoms with Gasteiger partial charge >= 0.3 is 0 Å². The van der Waals surface area contributed by atoms with Crippen molar-refractivity contribution in [2.24, 2.45) is 0 Å². The molecule has 172 valence electrons. The van der Waals surface area contributed by atoms with Crippen LogP contribution in [0.1, 0.15) is 56.9 Å². The minimum absolute atomic E-state index is 0.125. The lowest BCUT2D eigenvalue weighted by Crippen LogP contribution is -2.29. The lowest BCUT2D eigenvalue weighted by Gasteiger charge is -2.25. The Bertz CT molecular complexity index is 1470. The topological polar surface area (TPSA) is 59.8 Å². The molecule has 3 aromatic carbocycles. The van der Waals surface area contributed by atoms with Gasteiger partial charge in [-0.15, -0.1) is 0 Å². The monoisotopic (exact) mass is 453 g/mol. The van der Waals surface area contributed by atoms with Crippen LogP contribution in [-0.2, 0) is 6.54 Å². The first-order valence-electron chi connectivity index (χ1n) is 11.5. The third kappa shape index (κ3) is 3.67. The van der Waals surface area contributed by atoms with Crippen molar-refractivity contribution in [1.82, 2.24) is 4.90 Å². The van der Waals surface area contributed by atoms with Crippen LogP contribution >= 0.6 is 0 Å². The van der Waals surface area contributed by atoms with E-state index in [1.807, 2.05) is 88.4 Å². The molecule has 1 aromatic heterocycles. The van der Waals surface area contributed by atoms with Gasteiger partial charge in [0.2, 0.25) is 5.76 Å². The van der Waals surface area contributed by atoms with Crippen LogP contribution in [0.4, 0.5) is 0 Å². The largest absolute Gasteiger partial charge is 0.494 e. The van der Waals surface area contributed by atoms with Gasteiger partial charge in [0.15, 0.2) is 5.43 Å². The summed E-state index contributed by atoms with van der Waals surface area (Å²) in [6, 6.07) is 18.8. The van der Waals surface area contributed by atoms with E-state index in [1.54, 1.807) is 4.90 Å². The number of rotatable bonds is 5. The lowest BCUT2D eigenvalue weighted by molar-refractivity contribution is 0.0714. The van der Waals surface area contributed by atoms with E-state index in [1.165, 1.54) is 0 Å². The minimum Gasteiger partial charge on any atom is -0.494 e. The summed E-state index contributed by atoms with van der Waals surface area (Å²) in [7, 11) is 0. The average molecular weight is 454 g/mol. The summed E-state index contributed by atoms with van der Waals surface area (Å²) in [5, 5.41) is 0.498. The van der Waals surface area contributed by atoms with Crippen molar-refractivity contribution in [3.8, 4) is 5.75 Å². The Labute approximate surface area is 198 Å². The Morgan fingerprint density at radius 3 is 2.41 bits per heavy atom. The first-order valence-corrected chi connectivity index (χ1v) is 11.5. The van der Waals surface area contributed by atoms with Crippen LogP contribution in [-0.4, -0.2) is 17.4 Å². The maximum Gasteiger partial charge on any atom is 0.291 e. The molecular weight excluding hydrogens is 426 g/mol. The van der Waals surface area contributed by atoms with Crippen molar-refractivity contribution >= 4 is 16.9 Å². The molecular formula is C29H27NO4. The Balaban J connectivity index is 1.72. The number of amides is 1. The van der Waals surface area contributed by atoms with Gasteiger partial charge in [-0.05, 0) is 74.2 Å². The van der Waals surface area contributed by atoms with Gasteiger partial charge in [-0.25, -0.2) is 0 Å². The first-order chi connectivity index (χ1) is 16.4. The van der Waals surface area contributed by atoms with E-state index in [0.717, 1.165) is 27.8 Å². The molecule has 5 nitrogen and oxygen atoms in total. The molecule has 34 heavy (non-hydrogen) atoms. The zero-order chi connectivity index (χ0) is 24.0. The van der Waals surface area contributed by atoms with E-state index in [9.17, 15) is 9.59 Å². The summed E-state index contributed by atoms with van der Waals surface area (Å²) in [5.41, 5.74) is 5.65. The molecule has 0 radical (unpaired) electrons. The van der Waals surface area contributed by atoms with Gasteiger partial charge in [0.05, 0.1) is 23.6 Å². The van der Waals surface area contributed by atoms with E-state index < -0.39 is 6.04 Å². The normalized spacial score (nSPS) is 15.1. The predicted molar refractivity (Wildman–Crippen MR) is 132 cm³/mol. The number of benzene rings is 3. The second kappa shape index (κ2) is 8.49. The highest BCUT2D eigenvalue weighted by Crippen LogP contribution is 2.40. The fraction of sp³-hybridized carbons (Fsp3) is 0.241. The van der Waals surface area contributed by atoms with Crippen molar-refractivity contribution in [1.29, 1.82) is 0 Å². The molecule has 0 saturated heterocycles. The second-order valence-corrected chi connectivity index (χ2v) is 8.93. The molecule has 0 N–H and O–H groups in total. The minimum atomic E-state index is -0.563. The first kappa shape index (κ1) is 22.0. The smallest absolute Gasteiger partial charge is 0.291 e. The Hall–Kier alpha value is -3.86. The third-order valence-corrected chi connectivity index (χ3v) is 6.54. The van der Waals surface area contributed by atoms with Gasteiger partial charge < -0.3 is 14.1 Å². The zero-order valence-electron chi connectivity index (χ0n) is 19.8. The van der Waals surface area contributed by atoms with E-state index in [4.69, 9.17) is 9.15 Å². The number of ether oxygens (including phenoxy) is 1. The van der Waals surface area contributed by atoms with Crippen molar-refractivity contribution in [2.45, 2.75) is 40.3 Å².